The Morgan fingerprint density at radius 3 is 2.38 bits per heavy atom. The van der Waals surface area contributed by atoms with Gasteiger partial charge in [0.05, 0.1) is 0 Å². The number of allylic oxidation sites excluding steroid dienone is 1. The predicted molar refractivity (Wildman–Crippen MR) is 88.9 cm³/mol. The number of unbranched alkanes of at least 4 members (excludes halogenated alkanes) is 1. The highest BCUT2D eigenvalue weighted by atomic mass is 32.2. The molecule has 0 spiro atoms. The molecule has 0 aromatic carbocycles. The summed E-state index contributed by atoms with van der Waals surface area (Å²) in [5.74, 6) is 0. The smallest absolute Gasteiger partial charge is 0.203 e. The average molecular weight is 365 g/mol. The topological polar surface area (TPSA) is 37.4 Å². The molecular formula is C17H26F3NO2S. The van der Waals surface area contributed by atoms with Crippen molar-refractivity contribution in [1.29, 1.82) is 0 Å². The fourth-order valence-corrected chi connectivity index (χ4v) is 4.77. The Kier molecular flexibility index (Phi) is 6.18. The predicted octanol–water partition coefficient (Wildman–Crippen LogP) is 4.92. The maximum Gasteiger partial charge on any atom is 0.511 e. The van der Waals surface area contributed by atoms with Gasteiger partial charge in [0.25, 0.3) is 0 Å². The third-order valence-corrected chi connectivity index (χ3v) is 6.53. The molecule has 7 heteroatoms. The Balaban J connectivity index is 2.43. The molecule has 0 bridgehead atoms. The Morgan fingerprint density at radius 2 is 1.83 bits per heavy atom. The summed E-state index contributed by atoms with van der Waals surface area (Å²) in [6, 6.07) is -0.690. The highest BCUT2D eigenvalue weighted by molar-refractivity contribution is 7.90. The van der Waals surface area contributed by atoms with Gasteiger partial charge in [-0.05, 0) is 44.6 Å². The molecule has 24 heavy (non-hydrogen) atoms. The van der Waals surface area contributed by atoms with Crippen LogP contribution in [-0.2, 0) is 10.0 Å². The lowest BCUT2D eigenvalue weighted by molar-refractivity contribution is -0.0496. The van der Waals surface area contributed by atoms with Crippen LogP contribution in [0.1, 0.15) is 65.2 Å². The fourth-order valence-electron chi connectivity index (χ4n) is 3.59. The summed E-state index contributed by atoms with van der Waals surface area (Å²) in [4.78, 5) is 0. The number of halogens is 3. The maximum atomic E-state index is 13.1. The molecule has 0 unspecified atom stereocenters. The van der Waals surface area contributed by atoms with E-state index in [0.717, 1.165) is 55.2 Å². The van der Waals surface area contributed by atoms with Crippen LogP contribution in [0, 0.1) is 0 Å². The molecule has 1 aliphatic heterocycles. The number of nitrogens with zero attached hydrogens (tertiary/aromatic N) is 1. The van der Waals surface area contributed by atoms with Gasteiger partial charge in [-0.25, -0.2) is 8.42 Å². The van der Waals surface area contributed by atoms with E-state index in [1.54, 1.807) is 6.92 Å². The van der Waals surface area contributed by atoms with Crippen LogP contribution in [0.25, 0.3) is 0 Å². The summed E-state index contributed by atoms with van der Waals surface area (Å²) in [5, 5.41) is 0. The zero-order valence-corrected chi connectivity index (χ0v) is 15.1. The van der Waals surface area contributed by atoms with Crippen molar-refractivity contribution in [1.82, 2.24) is 4.31 Å². The van der Waals surface area contributed by atoms with Gasteiger partial charge in [0.15, 0.2) is 0 Å². The fraction of sp³-hybridized carbons (Fsp3) is 0.765. The molecule has 1 atom stereocenters. The molecule has 3 nitrogen and oxygen atoms in total. The van der Waals surface area contributed by atoms with Crippen LogP contribution in [0.2, 0.25) is 0 Å². The van der Waals surface area contributed by atoms with Crippen molar-refractivity contribution in [2.75, 3.05) is 6.54 Å². The molecule has 1 heterocycles. The first kappa shape index (κ1) is 19.5. The van der Waals surface area contributed by atoms with E-state index in [4.69, 9.17) is 0 Å². The van der Waals surface area contributed by atoms with E-state index in [2.05, 4.69) is 0 Å². The summed E-state index contributed by atoms with van der Waals surface area (Å²) < 4.78 is 64.3. The monoisotopic (exact) mass is 365 g/mol. The van der Waals surface area contributed by atoms with Crippen molar-refractivity contribution in [3.63, 3.8) is 0 Å². The number of sulfonamides is 1. The van der Waals surface area contributed by atoms with Crippen molar-refractivity contribution < 1.29 is 21.6 Å². The lowest BCUT2D eigenvalue weighted by atomic mass is 9.87. The molecule has 2 aliphatic rings. The standard InChI is InChI=1S/C17H26F3NO2S/c1-3-4-10-16-13(2)11-15(14-8-6-5-7-9-14)12-21(16)24(22,23)17(18,19)20/h11,16H,3-10,12H2,1-2H3/t16-/m1/s1. The van der Waals surface area contributed by atoms with Gasteiger partial charge >= 0.3 is 15.5 Å². The van der Waals surface area contributed by atoms with Crippen LogP contribution < -0.4 is 0 Å². The molecule has 0 radical (unpaired) electrons. The molecule has 0 saturated heterocycles. The molecule has 0 aromatic heterocycles. The minimum Gasteiger partial charge on any atom is -0.203 e. The molecule has 0 amide bonds. The molecule has 138 valence electrons. The normalized spacial score (nSPS) is 24.2. The third kappa shape index (κ3) is 4.04. The summed E-state index contributed by atoms with van der Waals surface area (Å²) in [7, 11) is -5.33. The Bertz CT molecular complexity index is 612. The minimum atomic E-state index is -5.33. The van der Waals surface area contributed by atoms with E-state index < -0.39 is 21.6 Å². The second kappa shape index (κ2) is 7.60. The Hall–Kier alpha value is -0.820. The number of alkyl halides is 3. The molecule has 1 saturated carbocycles. The van der Waals surface area contributed by atoms with Crippen molar-refractivity contribution in [2.45, 2.75) is 76.8 Å². The molecule has 0 aromatic rings. The van der Waals surface area contributed by atoms with Gasteiger partial charge in [0.2, 0.25) is 0 Å². The third-order valence-electron chi connectivity index (χ3n) is 4.94. The minimum absolute atomic E-state index is 0.150. The first-order valence-corrected chi connectivity index (χ1v) is 10.1. The van der Waals surface area contributed by atoms with Crippen molar-refractivity contribution in [3.05, 3.63) is 22.8 Å². The molecular weight excluding hydrogens is 339 g/mol. The first-order chi connectivity index (χ1) is 11.2. The maximum absolute atomic E-state index is 13.1. The van der Waals surface area contributed by atoms with Crippen LogP contribution in [-0.4, -0.2) is 30.8 Å². The molecule has 0 N–H and O–H groups in total. The number of rotatable bonds is 4. The summed E-state index contributed by atoms with van der Waals surface area (Å²) in [6.45, 7) is 3.55. The lowest BCUT2D eigenvalue weighted by Gasteiger charge is -2.37. The summed E-state index contributed by atoms with van der Waals surface area (Å²) in [5.41, 5.74) is -2.64. The van der Waals surface area contributed by atoms with Crippen LogP contribution in [0.5, 0.6) is 0 Å². The lowest BCUT2D eigenvalue weighted by Crippen LogP contribution is -2.49. The van der Waals surface area contributed by atoms with Gasteiger partial charge in [-0.15, -0.1) is 0 Å². The molecule has 1 aliphatic carbocycles. The Labute approximate surface area is 142 Å². The first-order valence-electron chi connectivity index (χ1n) is 8.65. The zero-order valence-electron chi connectivity index (χ0n) is 14.3. The van der Waals surface area contributed by atoms with Crippen LogP contribution in [0.4, 0.5) is 13.2 Å². The molecule has 2 rings (SSSR count). The number of hydrogen-bond acceptors (Lipinski definition) is 2. The Morgan fingerprint density at radius 1 is 1.21 bits per heavy atom. The zero-order chi connectivity index (χ0) is 18.0. The quantitative estimate of drug-likeness (QED) is 0.709. The van der Waals surface area contributed by atoms with E-state index in [-0.39, 0.29) is 6.54 Å². The van der Waals surface area contributed by atoms with Gasteiger partial charge < -0.3 is 0 Å². The number of hydrogen-bond donors (Lipinski definition) is 0. The highest BCUT2D eigenvalue weighted by Crippen LogP contribution is 2.37. The van der Waals surface area contributed by atoms with Gasteiger partial charge in [-0.1, -0.05) is 43.4 Å². The summed E-state index contributed by atoms with van der Waals surface area (Å²) >= 11 is 0. The van der Waals surface area contributed by atoms with Gasteiger partial charge in [0.1, 0.15) is 0 Å². The van der Waals surface area contributed by atoms with Gasteiger partial charge in [-0.3, -0.25) is 0 Å². The second-order valence-electron chi connectivity index (χ2n) is 6.73. The average Bonchev–Trinajstić information content (AvgIpc) is 2.52. The van der Waals surface area contributed by atoms with Gasteiger partial charge in [-0.2, -0.15) is 17.5 Å². The van der Waals surface area contributed by atoms with Crippen molar-refractivity contribution in [2.24, 2.45) is 0 Å². The van der Waals surface area contributed by atoms with E-state index in [9.17, 15) is 21.6 Å². The van der Waals surface area contributed by atoms with Crippen LogP contribution >= 0.6 is 0 Å². The van der Waals surface area contributed by atoms with Crippen molar-refractivity contribution in [3.8, 4) is 0 Å². The SMILES string of the molecule is CCCC[C@@H]1C(C)=CC(=C2CCCCC2)CN1S(=O)(=O)C(F)(F)F. The molecule has 1 fully saturated rings. The van der Waals surface area contributed by atoms with Crippen LogP contribution in [0.15, 0.2) is 22.8 Å². The van der Waals surface area contributed by atoms with Crippen LogP contribution in [0.3, 0.4) is 0 Å². The van der Waals surface area contributed by atoms with Crippen molar-refractivity contribution >= 4 is 10.0 Å². The van der Waals surface area contributed by atoms with E-state index in [1.807, 2.05) is 13.0 Å². The second-order valence-corrected chi connectivity index (χ2v) is 8.61. The largest absolute Gasteiger partial charge is 0.511 e. The van der Waals surface area contributed by atoms with E-state index in [0.29, 0.717) is 17.1 Å². The van der Waals surface area contributed by atoms with E-state index >= 15 is 0 Å². The van der Waals surface area contributed by atoms with E-state index in [1.165, 1.54) is 0 Å². The highest BCUT2D eigenvalue weighted by Gasteiger charge is 2.52. The van der Waals surface area contributed by atoms with Gasteiger partial charge in [0, 0.05) is 12.6 Å². The summed E-state index contributed by atoms with van der Waals surface area (Å²) in [6.07, 6.45) is 8.78.